The van der Waals surface area contributed by atoms with E-state index in [0.717, 1.165) is 5.56 Å². The van der Waals surface area contributed by atoms with Gasteiger partial charge in [-0.1, -0.05) is 30.3 Å². The van der Waals surface area contributed by atoms with Crippen molar-refractivity contribution >= 4 is 11.5 Å². The summed E-state index contributed by atoms with van der Waals surface area (Å²) in [6.07, 6.45) is 0.706. The summed E-state index contributed by atoms with van der Waals surface area (Å²) < 4.78 is 36.5. The molecule has 7 nitrogen and oxygen atoms in total. The molecule has 1 unspecified atom stereocenters. The second-order valence-electron chi connectivity index (χ2n) is 4.01. The molecule has 1 aromatic rings. The van der Waals surface area contributed by atoms with Crippen LogP contribution in [-0.4, -0.2) is 25.7 Å². The van der Waals surface area contributed by atoms with Gasteiger partial charge in [-0.2, -0.15) is 14.0 Å². The largest absolute Gasteiger partial charge is 0.365 e. The van der Waals surface area contributed by atoms with Gasteiger partial charge in [0.2, 0.25) is 0 Å². The molecule has 0 aromatic heterocycles. The Kier molecular flexibility index (Phi) is 4.58. The normalized spacial score (nSPS) is 21.7. The molecule has 0 aliphatic carbocycles. The van der Waals surface area contributed by atoms with Gasteiger partial charge in [0.25, 0.3) is 0 Å². The number of aliphatic imine (C=N–C) groups is 1. The van der Waals surface area contributed by atoms with Crippen LogP contribution in [0.25, 0.3) is 5.70 Å². The minimum atomic E-state index is -4.51. The van der Waals surface area contributed by atoms with E-state index >= 15 is 0 Å². The van der Waals surface area contributed by atoms with Crippen LogP contribution in [0.1, 0.15) is 5.56 Å². The maximum Gasteiger partial charge on any atom is 0.302 e. The van der Waals surface area contributed by atoms with E-state index in [9.17, 15) is 14.0 Å². The molecule has 0 saturated heterocycles. The second-order valence-corrected chi connectivity index (χ2v) is 4.95. The zero-order valence-electron chi connectivity index (χ0n) is 10.7. The first kappa shape index (κ1) is 14.8. The molecule has 2 rings (SSSR count). The average Bonchev–Trinajstić information content (AvgIpc) is 2.60. The predicted molar refractivity (Wildman–Crippen MR) is 63.8 cm³/mol. The molecule has 0 saturated carbocycles. The molecule has 0 bridgehead atoms. The minimum Gasteiger partial charge on any atom is -0.365 e. The van der Waals surface area contributed by atoms with Crippen LogP contribution in [0, 0.1) is 10.2 Å². The van der Waals surface area contributed by atoms with Crippen molar-refractivity contribution in [3.63, 3.8) is 0 Å². The zero-order chi connectivity index (χ0) is 14.6. The lowest BCUT2D eigenvalue weighted by Crippen LogP contribution is -2.64. The van der Waals surface area contributed by atoms with Gasteiger partial charge in [-0.15, -0.1) is 0 Å². The topological polar surface area (TPSA) is 115 Å². The number of nitrogens with zero attached hydrogens (tertiary/aromatic N) is 1. The number of hydrogen-bond acceptors (Lipinski definition) is 6. The van der Waals surface area contributed by atoms with Gasteiger partial charge in [0.1, 0.15) is 5.84 Å². The zero-order valence-corrected chi connectivity index (χ0v) is 11.5. The van der Waals surface area contributed by atoms with Crippen LogP contribution >= 0.6 is 0 Å². The second kappa shape index (κ2) is 6.21. The van der Waals surface area contributed by atoms with Crippen LogP contribution in [0.15, 0.2) is 41.4 Å². The fourth-order valence-corrected chi connectivity index (χ4v) is 2.14. The van der Waals surface area contributed by atoms with Crippen molar-refractivity contribution in [2.24, 2.45) is 4.99 Å². The summed E-state index contributed by atoms with van der Waals surface area (Å²) in [4.78, 5) is 4.02. The molecule has 1 aliphatic heterocycles. The molecule has 1 heterocycles. The highest BCUT2D eigenvalue weighted by Gasteiger charge is 2.31. The Morgan fingerprint density at radius 3 is 2.55 bits per heavy atom. The van der Waals surface area contributed by atoms with Gasteiger partial charge in [-0.05, 0) is 5.56 Å². The Morgan fingerprint density at radius 2 is 1.95 bits per heavy atom. The third kappa shape index (κ3) is 4.19. The molecule has 108 valence electrons. The van der Waals surface area contributed by atoms with Crippen LogP contribution in [0.4, 0.5) is 0 Å². The van der Waals surface area contributed by atoms with Crippen molar-refractivity contribution in [3.8, 4) is 0 Å². The Hall–Kier alpha value is -1.64. The quantitative estimate of drug-likeness (QED) is 0.637. The summed E-state index contributed by atoms with van der Waals surface area (Å²) in [5, 5.41) is 5.74. The van der Waals surface area contributed by atoms with Gasteiger partial charge < -0.3 is 10.6 Å². The standard InChI is InChI=1S/C12H14ClN3O4/c1-14-11-7-10(9-5-3-2-4-6-9)16-12(8-15-11)20-13(17,18)19/h2-7,12,16H,8H2,1H3,(H,14,15). The van der Waals surface area contributed by atoms with Crippen molar-refractivity contribution in [2.45, 2.75) is 6.23 Å². The van der Waals surface area contributed by atoms with E-state index < -0.39 is 16.5 Å². The summed E-state index contributed by atoms with van der Waals surface area (Å²) in [5.74, 6) is 0.558. The molecule has 0 spiro atoms. The summed E-state index contributed by atoms with van der Waals surface area (Å²) in [6.45, 7) is 0.0912. The van der Waals surface area contributed by atoms with E-state index in [1.54, 1.807) is 13.1 Å². The summed E-state index contributed by atoms with van der Waals surface area (Å²) in [5.41, 5.74) is 1.44. The minimum absolute atomic E-state index is 0.0912. The first-order valence-electron chi connectivity index (χ1n) is 5.81. The molecule has 20 heavy (non-hydrogen) atoms. The first-order valence-corrected chi connectivity index (χ1v) is 7.05. The van der Waals surface area contributed by atoms with Crippen LogP contribution in [0.3, 0.4) is 0 Å². The fourth-order valence-electron chi connectivity index (χ4n) is 1.76. The smallest absolute Gasteiger partial charge is 0.302 e. The number of nitrogens with one attached hydrogen (secondary N) is 2. The van der Waals surface area contributed by atoms with E-state index in [1.165, 1.54) is 0 Å². The van der Waals surface area contributed by atoms with E-state index in [2.05, 4.69) is 19.9 Å². The lowest BCUT2D eigenvalue weighted by Gasteiger charge is -2.19. The Labute approximate surface area is 118 Å². The number of amidine groups is 1. The van der Waals surface area contributed by atoms with Gasteiger partial charge in [0.15, 0.2) is 0 Å². The number of rotatable bonds is 3. The summed E-state index contributed by atoms with van der Waals surface area (Å²) >= 11 is 0. The predicted octanol–water partition coefficient (Wildman–Crippen LogP) is -2.51. The van der Waals surface area contributed by atoms with Crippen molar-refractivity contribution in [1.82, 2.24) is 10.6 Å². The number of hydrogen-bond donors (Lipinski definition) is 2. The molecular formula is C12H14ClN3O4. The number of benzene rings is 1. The third-order valence-electron chi connectivity index (χ3n) is 2.61. The van der Waals surface area contributed by atoms with Crippen molar-refractivity contribution in [1.29, 1.82) is 0 Å². The van der Waals surface area contributed by atoms with Crippen molar-refractivity contribution in [3.05, 3.63) is 42.0 Å². The van der Waals surface area contributed by atoms with E-state index in [1.807, 2.05) is 30.3 Å². The molecule has 2 N–H and O–H groups in total. The van der Waals surface area contributed by atoms with Crippen molar-refractivity contribution in [2.75, 3.05) is 13.6 Å². The average molecular weight is 300 g/mol. The molecule has 1 aromatic carbocycles. The molecular weight excluding hydrogens is 286 g/mol. The molecule has 8 heteroatoms. The Bertz CT molecular complexity index is 513. The number of halogens is 1. The highest BCUT2D eigenvalue weighted by molar-refractivity contribution is 5.99. The van der Waals surface area contributed by atoms with Gasteiger partial charge in [-0.25, -0.2) is 0 Å². The summed E-state index contributed by atoms with van der Waals surface area (Å²) in [7, 11) is -2.91. The van der Waals surface area contributed by atoms with Gasteiger partial charge in [0, 0.05) is 18.8 Å². The van der Waals surface area contributed by atoms with Crippen LogP contribution in [0.5, 0.6) is 0 Å². The maximum absolute atomic E-state index is 10.7. The van der Waals surface area contributed by atoms with E-state index in [-0.39, 0.29) is 6.54 Å². The molecule has 0 radical (unpaired) electrons. The molecule has 0 fully saturated rings. The molecule has 1 atom stereocenters. The van der Waals surface area contributed by atoms with Gasteiger partial charge in [-0.3, -0.25) is 4.99 Å². The fraction of sp³-hybridized carbons (Fsp3) is 0.250. The maximum atomic E-state index is 10.7. The first-order chi connectivity index (χ1) is 9.48. The summed E-state index contributed by atoms with van der Waals surface area (Å²) in [6, 6.07) is 9.24. The molecule has 0 amide bonds. The van der Waals surface area contributed by atoms with E-state index in [0.29, 0.717) is 11.5 Å². The highest BCUT2D eigenvalue weighted by atomic mass is 35.7. The monoisotopic (exact) mass is 299 g/mol. The lowest BCUT2D eigenvalue weighted by molar-refractivity contribution is -1.92. The van der Waals surface area contributed by atoms with Crippen molar-refractivity contribution < 1.29 is 28.5 Å². The van der Waals surface area contributed by atoms with E-state index in [4.69, 9.17) is 0 Å². The SMILES string of the molecule is CN=C1C=C(c2ccccc2)NC(O[Cl+3]([O-])([O-])[O-])CN1. The van der Waals surface area contributed by atoms with Crippen LogP contribution in [0.2, 0.25) is 0 Å². The van der Waals surface area contributed by atoms with Crippen LogP contribution in [-0.2, 0) is 4.29 Å². The highest BCUT2D eigenvalue weighted by Crippen LogP contribution is 2.14. The third-order valence-corrected chi connectivity index (χ3v) is 3.04. The molecule has 1 aliphatic rings. The lowest BCUT2D eigenvalue weighted by atomic mass is 10.1. The Balaban J connectivity index is 2.24. The van der Waals surface area contributed by atoms with Gasteiger partial charge >= 0.3 is 6.23 Å². The van der Waals surface area contributed by atoms with Gasteiger partial charge in [0.05, 0.1) is 21.1 Å². The van der Waals surface area contributed by atoms with Crippen LogP contribution < -0.4 is 24.6 Å². The Morgan fingerprint density at radius 1 is 1.25 bits per heavy atom.